The molecule has 0 radical (unpaired) electrons. The zero-order chi connectivity index (χ0) is 24.6. The van der Waals surface area contributed by atoms with Gasteiger partial charge in [-0.3, -0.25) is 20.8 Å². The van der Waals surface area contributed by atoms with Gasteiger partial charge in [-0.2, -0.15) is 20.2 Å². The van der Waals surface area contributed by atoms with Gasteiger partial charge in [0.15, 0.2) is 11.6 Å². The molecule has 0 aliphatic rings. The molecule has 3 N–H and O–H groups in total. The molecule has 4 aromatic rings. The standard InChI is InChI=1S/C25H24FN9/c1-16-4-5-21(14-22(16)26)29-25-30-23(34-32-17(2)19-6-10-27-11-7-19)15-24(31-25)35-33-18(3)20-8-12-28-13-9-20/h4-15H,1-3H3,(H3,29,30,31,34,35). The van der Waals surface area contributed by atoms with E-state index >= 15 is 0 Å². The van der Waals surface area contributed by atoms with Crippen molar-refractivity contribution in [3.63, 3.8) is 0 Å². The van der Waals surface area contributed by atoms with Crippen molar-refractivity contribution in [3.05, 3.63) is 95.8 Å². The van der Waals surface area contributed by atoms with Gasteiger partial charge in [0, 0.05) is 47.7 Å². The van der Waals surface area contributed by atoms with Gasteiger partial charge in [0.1, 0.15) is 5.82 Å². The van der Waals surface area contributed by atoms with E-state index in [4.69, 9.17) is 0 Å². The van der Waals surface area contributed by atoms with Crippen molar-refractivity contribution in [2.24, 2.45) is 10.2 Å². The molecule has 35 heavy (non-hydrogen) atoms. The van der Waals surface area contributed by atoms with Gasteiger partial charge in [-0.25, -0.2) is 4.39 Å². The molecule has 3 aromatic heterocycles. The molecule has 9 nitrogen and oxygen atoms in total. The molecule has 3 heterocycles. The first-order valence-electron chi connectivity index (χ1n) is 10.8. The Morgan fingerprint density at radius 2 is 1.26 bits per heavy atom. The lowest BCUT2D eigenvalue weighted by Crippen LogP contribution is -2.07. The first kappa shape index (κ1) is 23.4. The SMILES string of the molecule is CC(=NNc1cc(NN=C(C)c2ccncc2)nc(Nc2ccc(C)c(F)c2)n1)c1ccncc1. The number of nitrogens with zero attached hydrogens (tertiary/aromatic N) is 6. The van der Waals surface area contributed by atoms with Crippen LogP contribution < -0.4 is 16.2 Å². The zero-order valence-electron chi connectivity index (χ0n) is 19.5. The minimum absolute atomic E-state index is 0.245. The number of halogens is 1. The molecule has 0 unspecified atom stereocenters. The molecule has 4 rings (SSSR count). The number of aryl methyl sites for hydroxylation is 1. The zero-order valence-corrected chi connectivity index (χ0v) is 19.5. The van der Waals surface area contributed by atoms with Gasteiger partial charge in [-0.1, -0.05) is 6.07 Å². The Morgan fingerprint density at radius 3 is 1.74 bits per heavy atom. The largest absolute Gasteiger partial charge is 0.324 e. The van der Waals surface area contributed by atoms with Gasteiger partial charge >= 0.3 is 0 Å². The smallest absolute Gasteiger partial charge is 0.231 e. The highest BCUT2D eigenvalue weighted by atomic mass is 19.1. The van der Waals surface area contributed by atoms with Gasteiger partial charge in [0.25, 0.3) is 0 Å². The van der Waals surface area contributed by atoms with Crippen molar-refractivity contribution in [3.8, 4) is 0 Å². The summed E-state index contributed by atoms with van der Waals surface area (Å²) in [6, 6.07) is 14.0. The van der Waals surface area contributed by atoms with E-state index in [0.29, 0.717) is 22.9 Å². The maximum absolute atomic E-state index is 14.0. The van der Waals surface area contributed by atoms with E-state index in [0.717, 1.165) is 22.6 Å². The van der Waals surface area contributed by atoms with E-state index in [-0.39, 0.29) is 11.8 Å². The van der Waals surface area contributed by atoms with Gasteiger partial charge < -0.3 is 5.32 Å². The van der Waals surface area contributed by atoms with E-state index in [1.165, 1.54) is 6.07 Å². The molecular formula is C25H24FN9. The Labute approximate surface area is 202 Å². The Bertz CT molecular complexity index is 1280. The number of rotatable bonds is 8. The van der Waals surface area contributed by atoms with Crippen LogP contribution in [-0.4, -0.2) is 31.4 Å². The first-order chi connectivity index (χ1) is 17.0. The molecule has 0 aliphatic heterocycles. The Morgan fingerprint density at radius 1 is 0.743 bits per heavy atom. The predicted octanol–water partition coefficient (Wildman–Crippen LogP) is 5.13. The van der Waals surface area contributed by atoms with Crippen LogP contribution >= 0.6 is 0 Å². The second-order valence-corrected chi connectivity index (χ2v) is 7.64. The second-order valence-electron chi connectivity index (χ2n) is 7.64. The minimum Gasteiger partial charge on any atom is -0.324 e. The summed E-state index contributed by atoms with van der Waals surface area (Å²) in [6.07, 6.45) is 6.81. The number of anilines is 4. The normalized spacial score (nSPS) is 11.8. The third-order valence-electron chi connectivity index (χ3n) is 5.03. The summed E-state index contributed by atoms with van der Waals surface area (Å²) in [7, 11) is 0. The quantitative estimate of drug-likeness (QED) is 0.242. The van der Waals surface area contributed by atoms with Crippen molar-refractivity contribution >= 4 is 34.7 Å². The maximum Gasteiger partial charge on any atom is 0.231 e. The van der Waals surface area contributed by atoms with Crippen LogP contribution in [0.15, 0.2) is 83.5 Å². The van der Waals surface area contributed by atoms with Crippen LogP contribution in [0.2, 0.25) is 0 Å². The van der Waals surface area contributed by atoms with Crippen LogP contribution in [0.5, 0.6) is 0 Å². The molecule has 0 atom stereocenters. The highest BCUT2D eigenvalue weighted by Gasteiger charge is 2.08. The van der Waals surface area contributed by atoms with Gasteiger partial charge in [0.05, 0.1) is 11.4 Å². The number of hydrogen-bond donors (Lipinski definition) is 3. The molecule has 0 saturated heterocycles. The van der Waals surface area contributed by atoms with Crippen LogP contribution in [0, 0.1) is 12.7 Å². The summed E-state index contributed by atoms with van der Waals surface area (Å²) in [4.78, 5) is 17.0. The van der Waals surface area contributed by atoms with E-state index in [2.05, 4.69) is 46.3 Å². The van der Waals surface area contributed by atoms with Gasteiger partial charge in [0.2, 0.25) is 5.95 Å². The molecule has 0 spiro atoms. The molecule has 0 fully saturated rings. The van der Waals surface area contributed by atoms with E-state index in [1.807, 2.05) is 38.1 Å². The number of pyridine rings is 2. The highest BCUT2D eigenvalue weighted by Crippen LogP contribution is 2.21. The summed E-state index contributed by atoms with van der Waals surface area (Å²) in [5.74, 6) is 0.762. The van der Waals surface area contributed by atoms with E-state index in [1.54, 1.807) is 49.9 Å². The second kappa shape index (κ2) is 10.9. The van der Waals surface area contributed by atoms with Crippen molar-refractivity contribution < 1.29 is 4.39 Å². The lowest BCUT2D eigenvalue weighted by Gasteiger charge is -2.11. The van der Waals surface area contributed by atoms with Crippen molar-refractivity contribution in [2.75, 3.05) is 16.2 Å². The summed E-state index contributed by atoms with van der Waals surface area (Å²) in [5, 5.41) is 11.9. The molecule has 176 valence electrons. The monoisotopic (exact) mass is 469 g/mol. The number of hydrogen-bond acceptors (Lipinski definition) is 9. The lowest BCUT2D eigenvalue weighted by molar-refractivity contribution is 0.619. The third-order valence-corrected chi connectivity index (χ3v) is 5.03. The number of nitrogens with one attached hydrogen (secondary N) is 3. The average Bonchev–Trinajstić information content (AvgIpc) is 2.89. The van der Waals surface area contributed by atoms with Gasteiger partial charge in [-0.05, 0) is 62.7 Å². The molecule has 0 amide bonds. The predicted molar refractivity (Wildman–Crippen MR) is 137 cm³/mol. The van der Waals surface area contributed by atoms with E-state index in [9.17, 15) is 4.39 Å². The van der Waals surface area contributed by atoms with Crippen LogP contribution in [0.1, 0.15) is 30.5 Å². The number of aromatic nitrogens is 4. The Kier molecular flexibility index (Phi) is 7.31. The van der Waals surface area contributed by atoms with Crippen LogP contribution in [-0.2, 0) is 0 Å². The summed E-state index contributed by atoms with van der Waals surface area (Å²) in [5.41, 5.74) is 10.3. The fourth-order valence-electron chi connectivity index (χ4n) is 3.01. The molecule has 0 aliphatic carbocycles. The fraction of sp³-hybridized carbons (Fsp3) is 0.120. The van der Waals surface area contributed by atoms with Crippen LogP contribution in [0.3, 0.4) is 0 Å². The summed E-state index contributed by atoms with van der Waals surface area (Å²) >= 11 is 0. The van der Waals surface area contributed by atoms with Crippen molar-refractivity contribution in [1.29, 1.82) is 0 Å². The van der Waals surface area contributed by atoms with Crippen LogP contribution in [0.25, 0.3) is 0 Å². The third kappa shape index (κ3) is 6.41. The first-order valence-corrected chi connectivity index (χ1v) is 10.8. The molecular weight excluding hydrogens is 445 g/mol. The number of hydrazone groups is 2. The Hall–Kier alpha value is -4.73. The topological polar surface area (TPSA) is 112 Å². The van der Waals surface area contributed by atoms with Gasteiger partial charge in [-0.15, -0.1) is 0 Å². The van der Waals surface area contributed by atoms with Crippen molar-refractivity contribution in [2.45, 2.75) is 20.8 Å². The molecule has 1 aromatic carbocycles. The Balaban J connectivity index is 1.61. The molecule has 0 bridgehead atoms. The molecule has 10 heteroatoms. The molecule has 0 saturated carbocycles. The van der Waals surface area contributed by atoms with Crippen LogP contribution in [0.4, 0.5) is 27.7 Å². The average molecular weight is 470 g/mol. The number of benzene rings is 1. The highest BCUT2D eigenvalue weighted by molar-refractivity contribution is 5.99. The fourth-order valence-corrected chi connectivity index (χ4v) is 3.01. The van der Waals surface area contributed by atoms with E-state index < -0.39 is 0 Å². The summed E-state index contributed by atoms with van der Waals surface area (Å²) in [6.45, 7) is 5.45. The van der Waals surface area contributed by atoms with Crippen molar-refractivity contribution in [1.82, 2.24) is 19.9 Å². The minimum atomic E-state index is -0.322. The maximum atomic E-state index is 14.0. The summed E-state index contributed by atoms with van der Waals surface area (Å²) < 4.78 is 14.0. The lowest BCUT2D eigenvalue weighted by atomic mass is 10.2.